The molecule has 1 aromatic rings. The highest BCUT2D eigenvalue weighted by Gasteiger charge is 2.34. The van der Waals surface area contributed by atoms with E-state index in [1.54, 1.807) is 31.2 Å². The van der Waals surface area contributed by atoms with Crippen molar-refractivity contribution >= 4 is 23.3 Å². The molecule has 114 valence electrons. The van der Waals surface area contributed by atoms with E-state index in [9.17, 15) is 14.7 Å². The van der Waals surface area contributed by atoms with E-state index in [0.717, 1.165) is 19.3 Å². The second-order valence-corrected chi connectivity index (χ2v) is 6.27. The molecular formula is C16H20ClNO3. The summed E-state index contributed by atoms with van der Waals surface area (Å²) >= 11 is 5.78. The quantitative estimate of drug-likeness (QED) is 0.794. The molecule has 21 heavy (non-hydrogen) atoms. The Balaban J connectivity index is 1.82. The van der Waals surface area contributed by atoms with Crippen molar-refractivity contribution in [2.75, 3.05) is 6.54 Å². The predicted octanol–water partition coefficient (Wildman–Crippen LogP) is 2.58. The molecule has 1 aliphatic carbocycles. The maximum absolute atomic E-state index is 12.2. The zero-order chi connectivity index (χ0) is 15.5. The summed E-state index contributed by atoms with van der Waals surface area (Å²) in [5.74, 6) is -0.684. The number of aliphatic hydroxyl groups is 1. The van der Waals surface area contributed by atoms with E-state index in [2.05, 4.69) is 5.32 Å². The molecule has 0 aliphatic heterocycles. The summed E-state index contributed by atoms with van der Waals surface area (Å²) in [6, 6.07) is 6.65. The predicted molar refractivity (Wildman–Crippen MR) is 81.4 cm³/mol. The summed E-state index contributed by atoms with van der Waals surface area (Å²) in [4.78, 5) is 24.0. The number of hydrogen-bond donors (Lipinski definition) is 2. The first-order valence-corrected chi connectivity index (χ1v) is 7.56. The second-order valence-electron chi connectivity index (χ2n) is 5.83. The van der Waals surface area contributed by atoms with E-state index in [4.69, 9.17) is 11.6 Å². The fraction of sp³-hybridized carbons (Fsp3) is 0.500. The summed E-state index contributed by atoms with van der Waals surface area (Å²) in [5, 5.41) is 13.2. The first-order chi connectivity index (χ1) is 9.89. The first-order valence-electron chi connectivity index (χ1n) is 7.18. The van der Waals surface area contributed by atoms with Crippen LogP contribution in [0.2, 0.25) is 5.02 Å². The van der Waals surface area contributed by atoms with Crippen molar-refractivity contribution in [3.63, 3.8) is 0 Å². The maximum atomic E-state index is 12.2. The fourth-order valence-corrected chi connectivity index (χ4v) is 2.49. The second kappa shape index (κ2) is 6.58. The molecule has 0 heterocycles. The highest BCUT2D eigenvalue weighted by Crippen LogP contribution is 2.30. The number of hydrogen-bond acceptors (Lipinski definition) is 3. The van der Waals surface area contributed by atoms with Gasteiger partial charge in [0.2, 0.25) is 5.91 Å². The molecule has 0 aromatic heterocycles. The molecule has 1 unspecified atom stereocenters. The summed E-state index contributed by atoms with van der Waals surface area (Å²) < 4.78 is 0. The molecule has 0 spiro atoms. The van der Waals surface area contributed by atoms with Crippen molar-refractivity contribution in [1.29, 1.82) is 0 Å². The lowest BCUT2D eigenvalue weighted by molar-refractivity contribution is -0.124. The Morgan fingerprint density at radius 3 is 2.48 bits per heavy atom. The fourth-order valence-electron chi connectivity index (χ4n) is 2.37. The Hall–Kier alpha value is -1.39. The third-order valence-corrected chi connectivity index (χ3v) is 4.22. The van der Waals surface area contributed by atoms with Gasteiger partial charge in [-0.1, -0.05) is 18.5 Å². The number of carbonyl (C=O) groups excluding carboxylic acids is 2. The van der Waals surface area contributed by atoms with Crippen LogP contribution in [0.5, 0.6) is 0 Å². The van der Waals surface area contributed by atoms with Crippen LogP contribution in [0, 0.1) is 5.92 Å². The van der Waals surface area contributed by atoms with Crippen molar-refractivity contribution in [3.8, 4) is 0 Å². The van der Waals surface area contributed by atoms with Gasteiger partial charge in [0.25, 0.3) is 0 Å². The Kier molecular flexibility index (Phi) is 5.01. The van der Waals surface area contributed by atoms with Crippen LogP contribution in [0.1, 0.15) is 43.0 Å². The lowest BCUT2D eigenvalue weighted by Crippen LogP contribution is -2.48. The van der Waals surface area contributed by atoms with Gasteiger partial charge in [-0.3, -0.25) is 9.59 Å². The number of amides is 1. The van der Waals surface area contributed by atoms with Gasteiger partial charge >= 0.3 is 0 Å². The highest BCUT2D eigenvalue weighted by molar-refractivity contribution is 6.30. The van der Waals surface area contributed by atoms with Crippen LogP contribution in [-0.2, 0) is 4.79 Å². The van der Waals surface area contributed by atoms with E-state index in [-0.39, 0.29) is 24.7 Å². The van der Waals surface area contributed by atoms with Gasteiger partial charge in [0, 0.05) is 29.5 Å². The standard InChI is InChI=1S/C16H20ClNO3/c1-11(15(20)12-3-5-13(17)6-4-12)9-14(19)18-10-16(21)7-2-8-16/h3-6,11,21H,2,7-10H2,1H3,(H,18,19). The van der Waals surface area contributed by atoms with Gasteiger partial charge in [-0.25, -0.2) is 0 Å². The van der Waals surface area contributed by atoms with Gasteiger partial charge in [0.05, 0.1) is 5.60 Å². The van der Waals surface area contributed by atoms with E-state index in [0.29, 0.717) is 10.6 Å². The molecule has 2 N–H and O–H groups in total. The lowest BCUT2D eigenvalue weighted by Gasteiger charge is -2.36. The third-order valence-electron chi connectivity index (χ3n) is 3.97. The minimum atomic E-state index is -0.737. The number of rotatable bonds is 6. The van der Waals surface area contributed by atoms with Crippen molar-refractivity contribution in [3.05, 3.63) is 34.9 Å². The molecule has 1 amide bonds. The Labute approximate surface area is 129 Å². The van der Waals surface area contributed by atoms with Crippen LogP contribution in [0.4, 0.5) is 0 Å². The van der Waals surface area contributed by atoms with Crippen molar-refractivity contribution in [1.82, 2.24) is 5.32 Å². The SMILES string of the molecule is CC(CC(=O)NCC1(O)CCC1)C(=O)c1ccc(Cl)cc1. The zero-order valence-electron chi connectivity index (χ0n) is 12.1. The molecule has 0 radical (unpaired) electrons. The van der Waals surface area contributed by atoms with E-state index in [1.165, 1.54) is 0 Å². The molecule has 0 bridgehead atoms. The Morgan fingerprint density at radius 1 is 1.33 bits per heavy atom. The number of Topliss-reactive ketones (excluding diaryl/α,β-unsaturated/α-hetero) is 1. The van der Waals surface area contributed by atoms with Gasteiger partial charge in [-0.2, -0.15) is 0 Å². The lowest BCUT2D eigenvalue weighted by atomic mass is 9.80. The molecule has 2 rings (SSSR count). The van der Waals surface area contributed by atoms with Crippen LogP contribution >= 0.6 is 11.6 Å². The van der Waals surface area contributed by atoms with Gasteiger partial charge in [0.15, 0.2) is 5.78 Å². The first kappa shape index (κ1) is 16.0. The third kappa shape index (κ3) is 4.29. The van der Waals surface area contributed by atoms with E-state index in [1.807, 2.05) is 0 Å². The molecule has 5 heteroatoms. The molecule has 1 aromatic carbocycles. The number of halogens is 1. The monoisotopic (exact) mass is 309 g/mol. The smallest absolute Gasteiger partial charge is 0.220 e. The molecular weight excluding hydrogens is 290 g/mol. The van der Waals surface area contributed by atoms with Crippen LogP contribution < -0.4 is 5.32 Å². The van der Waals surface area contributed by atoms with E-state index < -0.39 is 11.5 Å². The number of benzene rings is 1. The topological polar surface area (TPSA) is 66.4 Å². The summed E-state index contributed by atoms with van der Waals surface area (Å²) in [6.45, 7) is 2.00. The van der Waals surface area contributed by atoms with Crippen molar-refractivity contribution in [2.45, 2.75) is 38.2 Å². The largest absolute Gasteiger partial charge is 0.388 e. The molecule has 0 saturated heterocycles. The minimum Gasteiger partial charge on any atom is -0.388 e. The normalized spacial score (nSPS) is 17.7. The summed E-state index contributed by atoms with van der Waals surface area (Å²) in [7, 11) is 0. The molecule has 4 nitrogen and oxygen atoms in total. The Morgan fingerprint density at radius 2 is 1.95 bits per heavy atom. The molecule has 1 aliphatic rings. The number of nitrogens with one attached hydrogen (secondary N) is 1. The van der Waals surface area contributed by atoms with Crippen LogP contribution in [-0.4, -0.2) is 28.9 Å². The maximum Gasteiger partial charge on any atom is 0.220 e. The van der Waals surface area contributed by atoms with E-state index >= 15 is 0 Å². The van der Waals surface area contributed by atoms with Crippen LogP contribution in [0.15, 0.2) is 24.3 Å². The number of carbonyl (C=O) groups is 2. The van der Waals surface area contributed by atoms with Gasteiger partial charge in [0.1, 0.15) is 0 Å². The van der Waals surface area contributed by atoms with Crippen molar-refractivity contribution in [2.24, 2.45) is 5.92 Å². The Bertz CT molecular complexity index is 523. The molecule has 1 atom stereocenters. The minimum absolute atomic E-state index is 0.0795. The number of ketones is 1. The molecule has 1 saturated carbocycles. The zero-order valence-corrected chi connectivity index (χ0v) is 12.8. The average molecular weight is 310 g/mol. The summed E-state index contributed by atoms with van der Waals surface area (Å²) in [5.41, 5.74) is -0.184. The highest BCUT2D eigenvalue weighted by atomic mass is 35.5. The van der Waals surface area contributed by atoms with Crippen molar-refractivity contribution < 1.29 is 14.7 Å². The van der Waals surface area contributed by atoms with Crippen LogP contribution in [0.25, 0.3) is 0 Å². The van der Waals surface area contributed by atoms with Gasteiger partial charge in [-0.15, -0.1) is 0 Å². The van der Waals surface area contributed by atoms with Crippen LogP contribution in [0.3, 0.4) is 0 Å². The molecule has 1 fully saturated rings. The van der Waals surface area contributed by atoms with Gasteiger partial charge in [-0.05, 0) is 43.5 Å². The van der Waals surface area contributed by atoms with Gasteiger partial charge < -0.3 is 10.4 Å². The summed E-state index contributed by atoms with van der Waals surface area (Å²) in [6.07, 6.45) is 2.58. The average Bonchev–Trinajstić information content (AvgIpc) is 2.43.